The van der Waals surface area contributed by atoms with Crippen LogP contribution in [-0.4, -0.2) is 21.0 Å². The van der Waals surface area contributed by atoms with Crippen LogP contribution in [0.2, 0.25) is 0 Å². The SMILES string of the molecule is C=C1CCC[C@@H]2Nc3ccc(Br)cc3[C@]12CCNS(=O)(=O)c1ccc(N)cc1. The van der Waals surface area contributed by atoms with Gasteiger partial charge in [-0.3, -0.25) is 0 Å². The number of hydrogen-bond acceptors (Lipinski definition) is 4. The number of hydrogen-bond donors (Lipinski definition) is 3. The molecule has 0 bridgehead atoms. The van der Waals surface area contributed by atoms with E-state index in [0.717, 1.165) is 29.4 Å². The molecule has 2 aromatic rings. The number of nitrogens with one attached hydrogen (secondary N) is 2. The lowest BCUT2D eigenvalue weighted by molar-refractivity contribution is 0.344. The molecule has 0 unspecified atom stereocenters. The number of rotatable bonds is 5. The molecule has 0 radical (unpaired) electrons. The predicted molar refractivity (Wildman–Crippen MR) is 117 cm³/mol. The van der Waals surface area contributed by atoms with Gasteiger partial charge < -0.3 is 11.1 Å². The van der Waals surface area contributed by atoms with Crippen molar-refractivity contribution in [1.29, 1.82) is 0 Å². The standard InChI is InChI=1S/C21H24BrN3O2S/c1-14-3-2-4-20-21(14,18-13-15(22)5-10-19(18)25-20)11-12-24-28(26,27)17-8-6-16(23)7-9-17/h5-10,13,20,24-25H,1-4,11-12,23H2/t20-,21-/m0/s1. The van der Waals surface area contributed by atoms with Crippen LogP contribution in [0.4, 0.5) is 11.4 Å². The Bertz CT molecular complexity index is 1020. The summed E-state index contributed by atoms with van der Waals surface area (Å²) in [6.45, 7) is 4.74. The quantitative estimate of drug-likeness (QED) is 0.460. The molecule has 2 aromatic carbocycles. The summed E-state index contributed by atoms with van der Waals surface area (Å²) in [5, 5.41) is 3.65. The fraction of sp³-hybridized carbons (Fsp3) is 0.333. The van der Waals surface area contributed by atoms with Gasteiger partial charge in [-0.2, -0.15) is 0 Å². The van der Waals surface area contributed by atoms with Crippen LogP contribution in [0.1, 0.15) is 31.2 Å². The van der Waals surface area contributed by atoms with Crippen molar-refractivity contribution >= 4 is 37.3 Å². The molecule has 7 heteroatoms. The van der Waals surface area contributed by atoms with Crippen molar-refractivity contribution in [2.75, 3.05) is 17.6 Å². The maximum Gasteiger partial charge on any atom is 0.240 e. The Morgan fingerprint density at radius 3 is 2.75 bits per heavy atom. The highest BCUT2D eigenvalue weighted by molar-refractivity contribution is 9.10. The Morgan fingerprint density at radius 2 is 2.00 bits per heavy atom. The highest BCUT2D eigenvalue weighted by Crippen LogP contribution is 2.53. The Hall–Kier alpha value is -1.83. The minimum Gasteiger partial charge on any atom is -0.399 e. The summed E-state index contributed by atoms with van der Waals surface area (Å²) in [7, 11) is -3.58. The zero-order chi connectivity index (χ0) is 19.9. The number of nitrogen functional groups attached to an aromatic ring is 1. The summed E-state index contributed by atoms with van der Waals surface area (Å²) in [6, 6.07) is 12.8. The molecule has 28 heavy (non-hydrogen) atoms. The van der Waals surface area contributed by atoms with Crippen LogP contribution in [0.3, 0.4) is 0 Å². The van der Waals surface area contributed by atoms with E-state index in [2.05, 4.69) is 44.7 Å². The lowest BCUT2D eigenvalue weighted by Gasteiger charge is -2.42. The Kier molecular flexibility index (Phi) is 5.02. The second-order valence-electron chi connectivity index (χ2n) is 7.57. The number of sulfonamides is 1. The topological polar surface area (TPSA) is 84.2 Å². The van der Waals surface area contributed by atoms with Gasteiger partial charge in [0, 0.05) is 33.8 Å². The molecule has 5 nitrogen and oxygen atoms in total. The molecule has 1 fully saturated rings. The van der Waals surface area contributed by atoms with Gasteiger partial charge >= 0.3 is 0 Å². The van der Waals surface area contributed by atoms with E-state index >= 15 is 0 Å². The van der Waals surface area contributed by atoms with Crippen LogP contribution in [0.15, 0.2) is 64.0 Å². The van der Waals surface area contributed by atoms with Gasteiger partial charge in [0.2, 0.25) is 10.0 Å². The smallest absolute Gasteiger partial charge is 0.240 e. The zero-order valence-corrected chi connectivity index (χ0v) is 17.9. The summed E-state index contributed by atoms with van der Waals surface area (Å²) in [4.78, 5) is 0.228. The fourth-order valence-corrected chi connectivity index (χ4v) is 6.00. The molecular formula is C21H24BrN3O2S. The largest absolute Gasteiger partial charge is 0.399 e. The van der Waals surface area contributed by atoms with Crippen molar-refractivity contribution in [3.05, 3.63) is 64.7 Å². The first-order valence-corrected chi connectivity index (χ1v) is 11.7. The molecule has 4 N–H and O–H groups in total. The van der Waals surface area contributed by atoms with Crippen LogP contribution < -0.4 is 15.8 Å². The van der Waals surface area contributed by atoms with Crippen molar-refractivity contribution in [2.24, 2.45) is 0 Å². The lowest BCUT2D eigenvalue weighted by Crippen LogP contribution is -2.45. The van der Waals surface area contributed by atoms with Crippen LogP contribution in [0, 0.1) is 0 Å². The minimum absolute atomic E-state index is 0.228. The van der Waals surface area contributed by atoms with Crippen molar-refractivity contribution in [2.45, 2.75) is 42.0 Å². The van der Waals surface area contributed by atoms with Crippen LogP contribution in [0.25, 0.3) is 0 Å². The van der Waals surface area contributed by atoms with E-state index in [-0.39, 0.29) is 16.4 Å². The van der Waals surface area contributed by atoms with E-state index in [1.165, 1.54) is 23.3 Å². The van der Waals surface area contributed by atoms with Gasteiger partial charge in [-0.05, 0) is 73.7 Å². The predicted octanol–water partition coefficient (Wildman–Crippen LogP) is 4.17. The van der Waals surface area contributed by atoms with E-state index in [9.17, 15) is 8.42 Å². The second kappa shape index (κ2) is 7.21. The van der Waals surface area contributed by atoms with Crippen molar-refractivity contribution in [3.8, 4) is 0 Å². The summed E-state index contributed by atoms with van der Waals surface area (Å²) < 4.78 is 29.1. The average Bonchev–Trinajstić information content (AvgIpc) is 2.97. The minimum atomic E-state index is -3.58. The third-order valence-electron chi connectivity index (χ3n) is 5.99. The third kappa shape index (κ3) is 3.25. The number of fused-ring (bicyclic) bond motifs is 3. The maximum absolute atomic E-state index is 12.7. The van der Waals surface area contributed by atoms with Gasteiger partial charge in [0.15, 0.2) is 0 Å². The summed E-state index contributed by atoms with van der Waals surface area (Å²) >= 11 is 3.58. The molecule has 0 spiro atoms. The van der Waals surface area contributed by atoms with E-state index < -0.39 is 10.0 Å². The normalized spacial score (nSPS) is 23.8. The van der Waals surface area contributed by atoms with Gasteiger partial charge in [-0.1, -0.05) is 28.1 Å². The first-order chi connectivity index (χ1) is 13.3. The van der Waals surface area contributed by atoms with E-state index in [1.807, 2.05) is 6.07 Å². The van der Waals surface area contributed by atoms with Gasteiger partial charge in [0.25, 0.3) is 0 Å². The number of halogens is 1. The molecule has 2 aliphatic rings. The molecule has 1 saturated carbocycles. The summed E-state index contributed by atoms with van der Waals surface area (Å²) in [5.41, 5.74) is 9.47. The first kappa shape index (κ1) is 19.5. The Morgan fingerprint density at radius 1 is 1.25 bits per heavy atom. The van der Waals surface area contributed by atoms with Crippen molar-refractivity contribution < 1.29 is 8.42 Å². The highest BCUT2D eigenvalue weighted by atomic mass is 79.9. The summed E-state index contributed by atoms with van der Waals surface area (Å²) in [5.74, 6) is 0. The molecule has 148 valence electrons. The number of anilines is 2. The zero-order valence-electron chi connectivity index (χ0n) is 15.5. The lowest BCUT2D eigenvalue weighted by atomic mass is 9.63. The highest BCUT2D eigenvalue weighted by Gasteiger charge is 2.49. The fourth-order valence-electron chi connectivity index (χ4n) is 4.61. The van der Waals surface area contributed by atoms with E-state index in [1.54, 1.807) is 12.1 Å². The Labute approximate surface area is 174 Å². The van der Waals surface area contributed by atoms with E-state index in [4.69, 9.17) is 5.73 Å². The van der Waals surface area contributed by atoms with Crippen LogP contribution in [-0.2, 0) is 15.4 Å². The molecule has 4 rings (SSSR count). The van der Waals surface area contributed by atoms with Gasteiger partial charge in [0.05, 0.1) is 4.90 Å². The van der Waals surface area contributed by atoms with Crippen LogP contribution in [0.5, 0.6) is 0 Å². The number of nitrogens with two attached hydrogens (primary N) is 1. The monoisotopic (exact) mass is 461 g/mol. The van der Waals surface area contributed by atoms with Gasteiger partial charge in [-0.15, -0.1) is 0 Å². The Balaban J connectivity index is 1.59. The molecule has 0 saturated heterocycles. The molecule has 1 aliphatic heterocycles. The number of benzene rings is 2. The average molecular weight is 462 g/mol. The first-order valence-electron chi connectivity index (χ1n) is 9.43. The van der Waals surface area contributed by atoms with Crippen LogP contribution >= 0.6 is 15.9 Å². The van der Waals surface area contributed by atoms with Crippen molar-refractivity contribution in [1.82, 2.24) is 4.72 Å². The molecule has 2 atom stereocenters. The molecular weight excluding hydrogens is 438 g/mol. The molecule has 1 aliphatic carbocycles. The van der Waals surface area contributed by atoms with Gasteiger partial charge in [-0.25, -0.2) is 13.1 Å². The summed E-state index contributed by atoms with van der Waals surface area (Å²) in [6.07, 6.45) is 3.79. The second-order valence-corrected chi connectivity index (χ2v) is 10.3. The third-order valence-corrected chi connectivity index (χ3v) is 7.96. The molecule has 0 amide bonds. The maximum atomic E-state index is 12.7. The molecule has 1 heterocycles. The van der Waals surface area contributed by atoms with E-state index in [0.29, 0.717) is 18.7 Å². The van der Waals surface area contributed by atoms with Crippen molar-refractivity contribution in [3.63, 3.8) is 0 Å². The van der Waals surface area contributed by atoms with Gasteiger partial charge in [0.1, 0.15) is 0 Å². The molecule has 0 aromatic heterocycles.